The van der Waals surface area contributed by atoms with Gasteiger partial charge >= 0.3 is 17.3 Å². The number of hydrogen-bond acceptors (Lipinski definition) is 10. The van der Waals surface area contributed by atoms with Gasteiger partial charge in [0.2, 0.25) is 0 Å². The molecule has 0 aliphatic carbocycles. The van der Waals surface area contributed by atoms with Crippen LogP contribution >= 0.6 is 0 Å². The van der Waals surface area contributed by atoms with Crippen LogP contribution in [0.2, 0.25) is 0 Å². The van der Waals surface area contributed by atoms with Gasteiger partial charge in [-0.25, -0.2) is 14.4 Å². The Kier molecular flexibility index (Phi) is 11.0. The second kappa shape index (κ2) is 16.1. The number of benzene rings is 3. The molecule has 0 bridgehead atoms. The molecule has 50 heavy (non-hydrogen) atoms. The Morgan fingerprint density at radius 2 is 1.18 bits per heavy atom. The average Bonchev–Trinajstić information content (AvgIpc) is 3.84. The third-order valence-corrected chi connectivity index (χ3v) is 8.67. The maximum absolute atomic E-state index is 11.6. The maximum Gasteiger partial charge on any atom is 0.439 e. The fourth-order valence-electron chi connectivity index (χ4n) is 6.26. The predicted molar refractivity (Wildman–Crippen MR) is 184 cm³/mol. The number of ether oxygens (including phenoxy) is 1. The van der Waals surface area contributed by atoms with Crippen molar-refractivity contribution in [2.75, 3.05) is 6.61 Å². The minimum atomic E-state index is -0.575. The number of unbranched alkanes of at least 4 members (excludes halogenated alkanes) is 2. The van der Waals surface area contributed by atoms with E-state index in [1.807, 2.05) is 25.1 Å². The van der Waals surface area contributed by atoms with Gasteiger partial charge in [0.15, 0.2) is 17.5 Å². The number of nitrogens with zero attached hydrogens (tertiary/aromatic N) is 3. The van der Waals surface area contributed by atoms with Gasteiger partial charge in [0, 0.05) is 24.0 Å². The Bertz CT molecular complexity index is 2200. The van der Waals surface area contributed by atoms with Gasteiger partial charge in [-0.3, -0.25) is 28.5 Å². The van der Waals surface area contributed by atoms with E-state index in [-0.39, 0.29) is 0 Å². The molecule has 0 unspecified atom stereocenters. The second-order valence-corrected chi connectivity index (χ2v) is 12.4. The normalized spacial score (nSPS) is 11.3. The van der Waals surface area contributed by atoms with E-state index in [2.05, 4.69) is 78.3 Å². The molecule has 3 N–H and O–H groups in total. The monoisotopic (exact) mass is 680 g/mol. The Morgan fingerprint density at radius 1 is 0.600 bits per heavy atom. The minimum absolute atomic E-state index is 0.412. The average molecular weight is 681 g/mol. The zero-order valence-electron chi connectivity index (χ0n) is 28.2. The van der Waals surface area contributed by atoms with Gasteiger partial charge in [0.1, 0.15) is 5.75 Å². The van der Waals surface area contributed by atoms with Crippen molar-refractivity contribution in [1.29, 1.82) is 0 Å². The molecule has 13 heteroatoms. The van der Waals surface area contributed by atoms with Crippen molar-refractivity contribution in [3.63, 3.8) is 0 Å². The lowest BCUT2D eigenvalue weighted by molar-refractivity contribution is 0.336. The molecule has 13 nitrogen and oxygen atoms in total. The molecule has 3 aromatic heterocycles. The first kappa shape index (κ1) is 34.2. The topological polar surface area (TPSA) is 186 Å². The predicted octanol–water partition coefficient (Wildman–Crippen LogP) is 5.40. The molecule has 6 aromatic rings. The summed E-state index contributed by atoms with van der Waals surface area (Å²) >= 11 is 0. The lowest BCUT2D eigenvalue weighted by Gasteiger charge is -2.13. The van der Waals surface area contributed by atoms with E-state index >= 15 is 0 Å². The van der Waals surface area contributed by atoms with Gasteiger partial charge in [-0.05, 0) is 99.1 Å². The molecular formula is C37H40N6O7. The number of aromatic amines is 3. The molecule has 0 radical (unpaired) electrons. The van der Waals surface area contributed by atoms with Crippen LogP contribution in [-0.4, -0.2) is 37.0 Å². The number of aromatic nitrogens is 6. The zero-order chi connectivity index (χ0) is 34.9. The first-order chi connectivity index (χ1) is 24.3. The summed E-state index contributed by atoms with van der Waals surface area (Å²) in [5.41, 5.74) is 8.86. The summed E-state index contributed by atoms with van der Waals surface area (Å²) in [5.74, 6) is 0.490. The largest absolute Gasteiger partial charge is 0.494 e. The molecular weight excluding hydrogens is 640 g/mol. The fraction of sp³-hybridized carbons (Fsp3) is 0.351. The first-order valence-corrected chi connectivity index (χ1v) is 16.9. The van der Waals surface area contributed by atoms with Crippen molar-refractivity contribution in [3.05, 3.63) is 137 Å². The van der Waals surface area contributed by atoms with Crippen LogP contribution in [0.4, 0.5) is 0 Å². The highest BCUT2D eigenvalue weighted by molar-refractivity contribution is 5.60. The van der Waals surface area contributed by atoms with Crippen LogP contribution < -0.4 is 22.0 Å². The Balaban J connectivity index is 1.08. The fourth-order valence-corrected chi connectivity index (χ4v) is 6.26. The van der Waals surface area contributed by atoms with Crippen molar-refractivity contribution in [2.24, 2.45) is 0 Å². The molecule has 0 fully saturated rings. The SMILES string of the molecule is CCOc1cc(CCCCc2cc(CCCCc3cc(C)ccc3-c3noc(=O)[nH]3)ccc2Cc2noc(=O)[nH]2)ccc1Cc1noc(=O)[nH]1. The number of rotatable bonds is 17. The Hall–Kier alpha value is -5.72. The number of hydrogen-bond donors (Lipinski definition) is 3. The summed E-state index contributed by atoms with van der Waals surface area (Å²) in [6.07, 6.45) is 8.33. The van der Waals surface area contributed by atoms with Gasteiger partial charge in [-0.15, -0.1) is 0 Å². The summed E-state index contributed by atoms with van der Waals surface area (Å²) in [5, 5.41) is 11.5. The molecule has 6 rings (SSSR count). The summed E-state index contributed by atoms with van der Waals surface area (Å²) in [6, 6.07) is 18.9. The standard InChI is InChI=1S/C37H40N6O7/c1-3-47-31-20-25(14-16-29(31)22-33-39-36(45)49-42-33)9-4-6-10-26-19-24(13-15-27(26)21-32-38-35(44)48-41-32)8-5-7-11-28-18-23(2)12-17-30(28)34-40-37(46)50-43-34/h12-20H,3-11,21-22H2,1-2H3,(H,38,41,44)(H,39,42,45)(H,40,43,46). The third kappa shape index (κ3) is 9.04. The van der Waals surface area contributed by atoms with Gasteiger partial charge < -0.3 is 4.74 Å². The van der Waals surface area contributed by atoms with E-state index in [4.69, 9.17) is 13.8 Å². The quantitative estimate of drug-likeness (QED) is 0.105. The maximum atomic E-state index is 11.6. The van der Waals surface area contributed by atoms with E-state index in [0.29, 0.717) is 36.9 Å². The number of H-pyrrole nitrogens is 3. The first-order valence-electron chi connectivity index (χ1n) is 16.9. The van der Waals surface area contributed by atoms with E-state index in [1.54, 1.807) is 0 Å². The molecule has 0 saturated heterocycles. The lowest BCUT2D eigenvalue weighted by atomic mass is 9.93. The molecule has 0 aliphatic rings. The minimum Gasteiger partial charge on any atom is -0.494 e. The smallest absolute Gasteiger partial charge is 0.439 e. The van der Waals surface area contributed by atoms with Crippen molar-refractivity contribution >= 4 is 0 Å². The highest BCUT2D eigenvalue weighted by Gasteiger charge is 2.13. The van der Waals surface area contributed by atoms with Crippen LogP contribution in [0, 0.1) is 6.92 Å². The third-order valence-electron chi connectivity index (χ3n) is 8.67. The van der Waals surface area contributed by atoms with Crippen molar-refractivity contribution in [1.82, 2.24) is 30.4 Å². The van der Waals surface area contributed by atoms with Crippen LogP contribution in [0.3, 0.4) is 0 Å². The van der Waals surface area contributed by atoms with Gasteiger partial charge in [-0.2, -0.15) is 0 Å². The van der Waals surface area contributed by atoms with Gasteiger partial charge in [0.25, 0.3) is 0 Å². The Labute approximate surface area is 287 Å². The van der Waals surface area contributed by atoms with Crippen molar-refractivity contribution in [2.45, 2.75) is 78.1 Å². The number of nitrogens with one attached hydrogen (secondary N) is 3. The van der Waals surface area contributed by atoms with Crippen molar-refractivity contribution in [3.8, 4) is 17.1 Å². The molecule has 0 spiro atoms. The summed E-state index contributed by atoms with van der Waals surface area (Å²) in [4.78, 5) is 42.4. The van der Waals surface area contributed by atoms with E-state index < -0.39 is 17.3 Å². The van der Waals surface area contributed by atoms with Crippen LogP contribution in [-0.2, 0) is 38.5 Å². The molecule has 0 amide bonds. The van der Waals surface area contributed by atoms with Gasteiger partial charge in [-0.1, -0.05) is 69.6 Å². The van der Waals surface area contributed by atoms with Crippen LogP contribution in [0.5, 0.6) is 5.75 Å². The van der Waals surface area contributed by atoms with Crippen LogP contribution in [0.15, 0.2) is 82.6 Å². The second-order valence-electron chi connectivity index (χ2n) is 12.4. The van der Waals surface area contributed by atoms with E-state index in [1.165, 1.54) is 16.7 Å². The highest BCUT2D eigenvalue weighted by atomic mass is 16.5. The summed E-state index contributed by atoms with van der Waals surface area (Å²) in [7, 11) is 0. The zero-order valence-corrected chi connectivity index (χ0v) is 28.2. The molecule has 3 heterocycles. The lowest BCUT2D eigenvalue weighted by Crippen LogP contribution is -2.03. The summed E-state index contributed by atoms with van der Waals surface area (Å²) in [6.45, 7) is 4.52. The van der Waals surface area contributed by atoms with E-state index in [9.17, 15) is 14.4 Å². The molecule has 0 saturated carbocycles. The van der Waals surface area contributed by atoms with Crippen LogP contribution in [0.1, 0.15) is 83.2 Å². The molecule has 3 aromatic carbocycles. The molecule has 0 aliphatic heterocycles. The van der Waals surface area contributed by atoms with Crippen LogP contribution in [0.25, 0.3) is 11.4 Å². The highest BCUT2D eigenvalue weighted by Crippen LogP contribution is 2.26. The Morgan fingerprint density at radius 3 is 1.80 bits per heavy atom. The number of aryl methyl sites for hydroxylation is 5. The molecule has 0 atom stereocenters. The van der Waals surface area contributed by atoms with E-state index in [0.717, 1.165) is 84.9 Å². The molecule has 260 valence electrons. The summed E-state index contributed by atoms with van der Waals surface area (Å²) < 4.78 is 20.0. The van der Waals surface area contributed by atoms with Crippen molar-refractivity contribution < 1.29 is 18.3 Å². The van der Waals surface area contributed by atoms with Gasteiger partial charge in [0.05, 0.1) is 6.61 Å².